The van der Waals surface area contributed by atoms with E-state index in [0.717, 1.165) is 11.0 Å². The van der Waals surface area contributed by atoms with E-state index in [2.05, 4.69) is 158 Å². The van der Waals surface area contributed by atoms with Crippen molar-refractivity contribution >= 4 is 89.0 Å². The van der Waals surface area contributed by atoms with Crippen molar-refractivity contribution in [1.82, 2.24) is 17.9 Å². The number of thiophene rings is 2. The van der Waals surface area contributed by atoms with E-state index in [0.29, 0.717) is 12.1 Å². The van der Waals surface area contributed by atoms with Gasteiger partial charge in [-0.1, -0.05) is 242 Å². The van der Waals surface area contributed by atoms with Crippen LogP contribution < -0.4 is 0 Å². The van der Waals surface area contributed by atoms with E-state index in [4.69, 9.17) is 8.75 Å². The van der Waals surface area contributed by atoms with Crippen LogP contribution in [0, 0.1) is 0 Å². The summed E-state index contributed by atoms with van der Waals surface area (Å²) in [5, 5.41) is 5.51. The Morgan fingerprint density at radius 1 is 0.329 bits per heavy atom. The number of aromatic nitrogens is 4. The lowest BCUT2D eigenvalue weighted by atomic mass is 9.99. The number of nitrogens with zero attached hydrogens (tertiary/aromatic N) is 4. The second-order valence-corrected chi connectivity index (χ2v) is 25.9. The van der Waals surface area contributed by atoms with Gasteiger partial charge < -0.3 is 9.13 Å². The molecule has 79 heavy (non-hydrogen) atoms. The van der Waals surface area contributed by atoms with Gasteiger partial charge in [0.25, 0.3) is 0 Å². The maximum Gasteiger partial charge on any atom is 0.114 e. The lowest BCUT2D eigenvalue weighted by Crippen LogP contribution is -2.09. The molecule has 0 fully saturated rings. The number of hydrogen-bond acceptors (Lipinski definition) is 5. The molecule has 0 N–H and O–H groups in total. The predicted molar refractivity (Wildman–Crippen MR) is 351 cm³/mol. The highest BCUT2D eigenvalue weighted by atomic mass is 32.1. The molecule has 0 aliphatic rings. The summed E-state index contributed by atoms with van der Waals surface area (Å²) in [6.45, 7) is 9.28. The van der Waals surface area contributed by atoms with Gasteiger partial charge >= 0.3 is 0 Å². The van der Waals surface area contributed by atoms with Crippen LogP contribution in [0.25, 0.3) is 96.4 Å². The third kappa shape index (κ3) is 13.6. The van der Waals surface area contributed by atoms with Crippen LogP contribution in [-0.2, 0) is 0 Å². The number of hydrogen-bond donors (Lipinski definition) is 0. The Kier molecular flexibility index (Phi) is 21.0. The molecule has 0 radical (unpaired) electrons. The Labute approximate surface area is 486 Å². The van der Waals surface area contributed by atoms with Gasteiger partial charge in [0.2, 0.25) is 0 Å². The monoisotopic (exact) mass is 1110 g/mol. The van der Waals surface area contributed by atoms with Crippen molar-refractivity contribution < 1.29 is 0 Å². The van der Waals surface area contributed by atoms with Gasteiger partial charge in [-0.2, -0.15) is 8.75 Å². The fourth-order valence-corrected chi connectivity index (χ4v) is 15.7. The molecular weight excluding hydrogens is 1020 g/mol. The minimum absolute atomic E-state index is 0.525. The molecule has 5 aromatic heterocycles. The first-order valence-corrected chi connectivity index (χ1v) is 34.0. The van der Waals surface area contributed by atoms with E-state index in [9.17, 15) is 0 Å². The van der Waals surface area contributed by atoms with Crippen LogP contribution in [0.5, 0.6) is 0 Å². The predicted octanol–water partition coefficient (Wildman–Crippen LogP) is 24.8. The summed E-state index contributed by atoms with van der Waals surface area (Å²) in [4.78, 5) is 5.05. The molecule has 0 atom stereocenters. The number of benzene rings is 5. The summed E-state index contributed by atoms with van der Waals surface area (Å²) in [5.41, 5.74) is 12.5. The molecule has 416 valence electrons. The molecule has 4 nitrogen and oxygen atoms in total. The highest BCUT2D eigenvalue weighted by Crippen LogP contribution is 2.45. The molecule has 0 bridgehead atoms. The van der Waals surface area contributed by atoms with Crippen LogP contribution in [0.15, 0.2) is 121 Å². The second kappa shape index (κ2) is 29.1. The van der Waals surface area contributed by atoms with E-state index < -0.39 is 0 Å². The summed E-state index contributed by atoms with van der Waals surface area (Å²) >= 11 is 5.08. The van der Waals surface area contributed by atoms with Crippen LogP contribution in [0.3, 0.4) is 0 Å². The summed E-state index contributed by atoms with van der Waals surface area (Å²) < 4.78 is 15.5. The zero-order valence-electron chi connectivity index (χ0n) is 48.5. The molecule has 0 saturated heterocycles. The largest absolute Gasteiger partial charge is 0.337 e. The number of rotatable bonds is 34. The zero-order valence-corrected chi connectivity index (χ0v) is 51.0. The average molecular weight is 1110 g/mol. The second-order valence-electron chi connectivity index (χ2n) is 23.2. The number of para-hydroxylation sites is 2. The van der Waals surface area contributed by atoms with Gasteiger partial charge in [0.1, 0.15) is 11.0 Å². The molecule has 5 aromatic carbocycles. The molecule has 5 heterocycles. The summed E-state index contributed by atoms with van der Waals surface area (Å²) in [6, 6.07) is 48.0. The molecule has 0 spiro atoms. The first-order valence-electron chi connectivity index (χ1n) is 31.6. The molecular formula is C72H90N4S3. The van der Waals surface area contributed by atoms with Crippen LogP contribution in [0.1, 0.15) is 220 Å². The third-order valence-corrected chi connectivity index (χ3v) is 20.3. The van der Waals surface area contributed by atoms with Gasteiger partial charge in [0.15, 0.2) is 0 Å². The van der Waals surface area contributed by atoms with Gasteiger partial charge in [0.05, 0.1) is 11.7 Å². The van der Waals surface area contributed by atoms with E-state index in [1.54, 1.807) is 0 Å². The van der Waals surface area contributed by atoms with Crippen molar-refractivity contribution in [3.05, 3.63) is 121 Å². The standard InChI is InChI=1S/C72H90N4S3/c1-5-9-13-17-21-25-33-55(34-26-22-18-14-10-6-2)75-63-39-31-29-37-57(63)61-51-53(41-45-65(61)75)67-47-49-69(77-67)59-43-44-60(72-71(59)73-79-74-72)70-50-48-68(78-70)54-42-46-66-62(52-54)58-38-30-32-40-64(58)76(66)56(35-27-23-19-15-11-7-3)36-28-24-20-16-12-8-4/h29-32,37-52,55-56H,5-28,33-36H2,1-4H3. The van der Waals surface area contributed by atoms with Crippen molar-refractivity contribution in [2.75, 3.05) is 0 Å². The summed E-state index contributed by atoms with van der Waals surface area (Å²) in [6.07, 6.45) is 37.3. The van der Waals surface area contributed by atoms with Crippen LogP contribution in [0.2, 0.25) is 0 Å². The highest BCUT2D eigenvalue weighted by molar-refractivity contribution is 7.19. The van der Waals surface area contributed by atoms with E-state index >= 15 is 0 Å². The van der Waals surface area contributed by atoms with Crippen molar-refractivity contribution in [3.8, 4) is 41.8 Å². The Bertz CT molecular complexity index is 3210. The van der Waals surface area contributed by atoms with Crippen LogP contribution in [0.4, 0.5) is 0 Å². The van der Waals surface area contributed by atoms with Crippen LogP contribution >= 0.6 is 34.4 Å². The van der Waals surface area contributed by atoms with E-state index in [1.165, 1.54) is 277 Å². The Balaban J connectivity index is 0.891. The summed E-state index contributed by atoms with van der Waals surface area (Å²) in [5.74, 6) is 0. The topological polar surface area (TPSA) is 35.6 Å². The Hall–Kier alpha value is -5.08. The first kappa shape index (κ1) is 57.2. The molecule has 0 amide bonds. The summed E-state index contributed by atoms with van der Waals surface area (Å²) in [7, 11) is 0. The van der Waals surface area contributed by atoms with Gasteiger partial charge in [-0.25, -0.2) is 0 Å². The zero-order chi connectivity index (χ0) is 54.2. The molecule has 0 unspecified atom stereocenters. The molecule has 0 saturated carbocycles. The maximum absolute atomic E-state index is 4.99. The van der Waals surface area contributed by atoms with Crippen molar-refractivity contribution in [2.45, 2.75) is 220 Å². The maximum atomic E-state index is 4.99. The van der Waals surface area contributed by atoms with Gasteiger partial charge in [-0.3, -0.25) is 0 Å². The average Bonchev–Trinajstić information content (AvgIpc) is 4.52. The lowest BCUT2D eigenvalue weighted by molar-refractivity contribution is 0.410. The minimum Gasteiger partial charge on any atom is -0.337 e. The first-order chi connectivity index (χ1) is 39.1. The van der Waals surface area contributed by atoms with Crippen molar-refractivity contribution in [1.29, 1.82) is 0 Å². The fourth-order valence-electron chi connectivity index (χ4n) is 13.1. The van der Waals surface area contributed by atoms with E-state index in [1.807, 2.05) is 22.7 Å². The van der Waals surface area contributed by atoms with E-state index in [-0.39, 0.29) is 0 Å². The molecule has 7 heteroatoms. The third-order valence-electron chi connectivity index (χ3n) is 17.4. The van der Waals surface area contributed by atoms with Crippen molar-refractivity contribution in [2.24, 2.45) is 0 Å². The van der Waals surface area contributed by atoms with Gasteiger partial charge in [-0.05, 0) is 97.5 Å². The number of unbranched alkanes of at least 4 members (excludes halogenated alkanes) is 20. The van der Waals surface area contributed by atoms with Gasteiger partial charge in [-0.15, -0.1) is 22.7 Å². The molecule has 0 aliphatic carbocycles. The SMILES string of the molecule is CCCCCCCCC(CCCCCCCC)n1c2ccccc2c2cc(-c3ccc(-c4ccc(-c5ccc(-c6ccc7c(c6)c6ccccc6n7C(CCCCCCCC)CCCCCCCC)s5)c5nsnc45)s3)ccc21. The van der Waals surface area contributed by atoms with Crippen molar-refractivity contribution in [3.63, 3.8) is 0 Å². The molecule has 0 aliphatic heterocycles. The van der Waals surface area contributed by atoms with Gasteiger partial charge in [0, 0.05) is 86.3 Å². The lowest BCUT2D eigenvalue weighted by Gasteiger charge is -2.22. The van der Waals surface area contributed by atoms with Crippen LogP contribution in [-0.4, -0.2) is 17.9 Å². The smallest absolute Gasteiger partial charge is 0.114 e. The molecule has 10 aromatic rings. The molecule has 10 rings (SSSR count). The normalized spacial score (nSPS) is 12.2. The Morgan fingerprint density at radius 3 is 1.04 bits per heavy atom. The Morgan fingerprint density at radius 2 is 0.658 bits per heavy atom. The minimum atomic E-state index is 0.525. The fraction of sp³-hybridized carbons (Fsp3) is 0.472. The quantitative estimate of drug-likeness (QED) is 0.0377. The highest BCUT2D eigenvalue weighted by Gasteiger charge is 2.23. The number of fused-ring (bicyclic) bond motifs is 7.